The van der Waals surface area contributed by atoms with Crippen LogP contribution in [0.1, 0.15) is 47.5 Å². The summed E-state index contributed by atoms with van der Waals surface area (Å²) < 4.78 is 40.6. The SMILES string of the molecule is CCOC(O)CCC(=O)OC1C(OC)C2OC(C)(C)OC2C2OC(C)(C)OC12. The van der Waals surface area contributed by atoms with E-state index >= 15 is 0 Å². The first-order valence-electron chi connectivity index (χ1n) is 9.80. The third kappa shape index (κ3) is 4.51. The molecular formula is C19H32O9. The largest absolute Gasteiger partial charge is 0.457 e. The molecule has 9 nitrogen and oxygen atoms in total. The molecule has 0 aromatic heterocycles. The summed E-state index contributed by atoms with van der Waals surface area (Å²) in [6.07, 6.45) is -4.04. The fourth-order valence-corrected chi connectivity index (χ4v) is 4.15. The first-order valence-corrected chi connectivity index (χ1v) is 9.80. The molecule has 7 atom stereocenters. The zero-order chi connectivity index (χ0) is 20.7. The lowest BCUT2D eigenvalue weighted by molar-refractivity contribution is -0.205. The maximum atomic E-state index is 12.4. The van der Waals surface area contributed by atoms with E-state index < -0.39 is 60.5 Å². The summed E-state index contributed by atoms with van der Waals surface area (Å²) in [5, 5.41) is 9.67. The number of aliphatic hydroxyl groups is 1. The third-order valence-corrected chi connectivity index (χ3v) is 5.12. The van der Waals surface area contributed by atoms with Crippen molar-refractivity contribution in [3.05, 3.63) is 0 Å². The fourth-order valence-electron chi connectivity index (χ4n) is 4.15. The highest BCUT2D eigenvalue weighted by atomic mass is 16.8. The Labute approximate surface area is 165 Å². The number of fused-ring (bicyclic) bond motifs is 3. The van der Waals surface area contributed by atoms with Gasteiger partial charge in [-0.2, -0.15) is 0 Å². The van der Waals surface area contributed by atoms with Crippen LogP contribution in [0.4, 0.5) is 0 Å². The molecule has 0 aromatic rings. The van der Waals surface area contributed by atoms with E-state index in [4.69, 9.17) is 33.2 Å². The zero-order valence-electron chi connectivity index (χ0n) is 17.4. The molecule has 0 spiro atoms. The summed E-state index contributed by atoms with van der Waals surface area (Å²) in [5.74, 6) is -2.14. The Balaban J connectivity index is 1.75. The number of ether oxygens (including phenoxy) is 7. The van der Waals surface area contributed by atoms with Crippen LogP contribution in [0.25, 0.3) is 0 Å². The van der Waals surface area contributed by atoms with Gasteiger partial charge in [0.1, 0.15) is 30.5 Å². The molecule has 28 heavy (non-hydrogen) atoms. The van der Waals surface area contributed by atoms with Crippen LogP contribution in [-0.4, -0.2) is 79.3 Å². The summed E-state index contributed by atoms with van der Waals surface area (Å²) in [6.45, 7) is 9.40. The van der Waals surface area contributed by atoms with E-state index in [-0.39, 0.29) is 12.8 Å². The van der Waals surface area contributed by atoms with Crippen molar-refractivity contribution in [1.29, 1.82) is 0 Å². The minimum Gasteiger partial charge on any atom is -0.457 e. The van der Waals surface area contributed by atoms with Crippen molar-refractivity contribution >= 4 is 5.97 Å². The van der Waals surface area contributed by atoms with Crippen molar-refractivity contribution in [2.45, 2.75) is 102 Å². The quantitative estimate of drug-likeness (QED) is 0.494. The average Bonchev–Trinajstić information content (AvgIpc) is 3.08. The maximum absolute atomic E-state index is 12.4. The second-order valence-electron chi connectivity index (χ2n) is 8.23. The summed E-state index contributed by atoms with van der Waals surface area (Å²) >= 11 is 0. The van der Waals surface area contributed by atoms with Crippen LogP contribution in [0.2, 0.25) is 0 Å². The van der Waals surface area contributed by atoms with E-state index in [0.717, 1.165) is 0 Å². The monoisotopic (exact) mass is 404 g/mol. The Hall–Kier alpha value is -0.810. The van der Waals surface area contributed by atoms with Gasteiger partial charge in [0.2, 0.25) is 0 Å². The predicted molar refractivity (Wildman–Crippen MR) is 95.2 cm³/mol. The van der Waals surface area contributed by atoms with Crippen LogP contribution >= 0.6 is 0 Å². The Morgan fingerprint density at radius 2 is 1.46 bits per heavy atom. The van der Waals surface area contributed by atoms with Crippen molar-refractivity contribution in [1.82, 2.24) is 0 Å². The molecule has 3 rings (SSSR count). The number of rotatable bonds is 7. The fraction of sp³-hybridized carbons (Fsp3) is 0.947. The summed E-state index contributed by atoms with van der Waals surface area (Å²) in [4.78, 5) is 12.4. The molecule has 3 fully saturated rings. The molecule has 7 unspecified atom stereocenters. The van der Waals surface area contributed by atoms with Gasteiger partial charge in [0, 0.05) is 20.1 Å². The van der Waals surface area contributed by atoms with Gasteiger partial charge in [0.05, 0.1) is 6.42 Å². The van der Waals surface area contributed by atoms with Crippen LogP contribution < -0.4 is 0 Å². The first kappa shape index (κ1) is 21.9. The third-order valence-electron chi connectivity index (χ3n) is 5.12. The highest BCUT2D eigenvalue weighted by Crippen LogP contribution is 2.46. The molecule has 162 valence electrons. The number of hydrogen-bond donors (Lipinski definition) is 1. The molecule has 0 bridgehead atoms. The minimum absolute atomic E-state index is 0.00663. The van der Waals surface area contributed by atoms with Gasteiger partial charge < -0.3 is 38.3 Å². The van der Waals surface area contributed by atoms with Crippen molar-refractivity contribution in [2.75, 3.05) is 13.7 Å². The van der Waals surface area contributed by atoms with E-state index in [0.29, 0.717) is 6.61 Å². The average molecular weight is 404 g/mol. The molecule has 1 saturated carbocycles. The smallest absolute Gasteiger partial charge is 0.306 e. The molecule has 3 aliphatic rings. The molecular weight excluding hydrogens is 372 g/mol. The Morgan fingerprint density at radius 3 is 1.96 bits per heavy atom. The summed E-state index contributed by atoms with van der Waals surface area (Å²) in [7, 11) is 1.54. The van der Waals surface area contributed by atoms with Gasteiger partial charge in [-0.15, -0.1) is 0 Å². The van der Waals surface area contributed by atoms with Crippen LogP contribution in [0.5, 0.6) is 0 Å². The van der Waals surface area contributed by atoms with E-state index in [1.165, 1.54) is 7.11 Å². The van der Waals surface area contributed by atoms with Crippen LogP contribution in [0.3, 0.4) is 0 Å². The standard InChI is InChI=1S/C19H32O9/c1-7-23-10(20)8-9-11(21)24-13-12(22-6)14-16(27-18(2,3)25-14)17-15(13)26-19(4,5)28-17/h10,12-17,20H,7-9H2,1-6H3. The van der Waals surface area contributed by atoms with Crippen LogP contribution in [0.15, 0.2) is 0 Å². The topological polar surface area (TPSA) is 102 Å². The molecule has 0 radical (unpaired) electrons. The Morgan fingerprint density at radius 1 is 0.964 bits per heavy atom. The number of esters is 1. The minimum atomic E-state index is -1.00. The van der Waals surface area contributed by atoms with Crippen molar-refractivity contribution < 1.29 is 43.1 Å². The second kappa shape index (κ2) is 8.14. The van der Waals surface area contributed by atoms with Gasteiger partial charge in [-0.05, 0) is 34.6 Å². The van der Waals surface area contributed by atoms with Crippen molar-refractivity contribution in [3.63, 3.8) is 0 Å². The highest BCUT2D eigenvalue weighted by Gasteiger charge is 2.65. The Kier molecular flexibility index (Phi) is 6.36. The van der Waals surface area contributed by atoms with Gasteiger partial charge in [0.25, 0.3) is 0 Å². The highest BCUT2D eigenvalue weighted by molar-refractivity contribution is 5.69. The Bertz CT molecular complexity index is 564. The van der Waals surface area contributed by atoms with Gasteiger partial charge in [0.15, 0.2) is 24.0 Å². The number of carbonyl (C=O) groups excluding carboxylic acids is 1. The molecule has 9 heteroatoms. The van der Waals surface area contributed by atoms with Gasteiger partial charge in [-0.25, -0.2) is 0 Å². The van der Waals surface area contributed by atoms with E-state index in [1.54, 1.807) is 20.8 Å². The van der Waals surface area contributed by atoms with E-state index in [2.05, 4.69) is 0 Å². The lowest BCUT2D eigenvalue weighted by Crippen LogP contribution is -2.63. The van der Waals surface area contributed by atoms with Gasteiger partial charge >= 0.3 is 5.97 Å². The molecule has 1 aliphatic carbocycles. The lowest BCUT2D eigenvalue weighted by Gasteiger charge is -2.41. The zero-order valence-corrected chi connectivity index (χ0v) is 17.4. The predicted octanol–water partition coefficient (Wildman–Crippen LogP) is 1.10. The normalized spacial score (nSPS) is 39.2. The van der Waals surface area contributed by atoms with Gasteiger partial charge in [-0.1, -0.05) is 0 Å². The van der Waals surface area contributed by atoms with E-state index in [9.17, 15) is 9.90 Å². The molecule has 2 aliphatic heterocycles. The van der Waals surface area contributed by atoms with Gasteiger partial charge in [-0.3, -0.25) is 4.79 Å². The number of aliphatic hydroxyl groups excluding tert-OH is 1. The molecule has 2 saturated heterocycles. The number of carbonyl (C=O) groups is 1. The summed E-state index contributed by atoms with van der Waals surface area (Å²) in [6, 6.07) is 0. The molecule has 2 heterocycles. The maximum Gasteiger partial charge on any atom is 0.306 e. The van der Waals surface area contributed by atoms with Crippen molar-refractivity contribution in [3.8, 4) is 0 Å². The van der Waals surface area contributed by atoms with Crippen LogP contribution in [0, 0.1) is 0 Å². The first-order chi connectivity index (χ1) is 13.1. The number of methoxy groups -OCH3 is 1. The molecule has 0 aromatic carbocycles. The number of hydrogen-bond acceptors (Lipinski definition) is 9. The summed E-state index contributed by atoms with van der Waals surface area (Å²) in [5.41, 5.74) is 0. The lowest BCUT2D eigenvalue weighted by atomic mass is 9.84. The molecule has 1 N–H and O–H groups in total. The second-order valence-corrected chi connectivity index (χ2v) is 8.23. The van der Waals surface area contributed by atoms with Crippen molar-refractivity contribution in [2.24, 2.45) is 0 Å². The molecule has 0 amide bonds. The van der Waals surface area contributed by atoms with E-state index in [1.807, 2.05) is 13.8 Å². The van der Waals surface area contributed by atoms with Crippen LogP contribution in [-0.2, 0) is 38.0 Å².